The number of phenolic OH excluding ortho intramolecular Hbond substituents is 2. The summed E-state index contributed by atoms with van der Waals surface area (Å²) < 4.78 is 23.2. The van der Waals surface area contributed by atoms with Crippen molar-refractivity contribution >= 4 is 5.91 Å². The van der Waals surface area contributed by atoms with E-state index in [0.29, 0.717) is 57.9 Å². The largest absolute Gasteiger partial charge is 0.504 e. The molecule has 2 bridgehead atoms. The van der Waals surface area contributed by atoms with E-state index in [1.807, 2.05) is 27.0 Å². The van der Waals surface area contributed by atoms with E-state index < -0.39 is 18.1 Å². The first-order valence-electron chi connectivity index (χ1n) is 15.3. The van der Waals surface area contributed by atoms with Crippen LogP contribution in [-0.2, 0) is 12.8 Å². The molecule has 242 valence electrons. The van der Waals surface area contributed by atoms with Crippen molar-refractivity contribution in [2.75, 3.05) is 42.0 Å². The van der Waals surface area contributed by atoms with Crippen LogP contribution >= 0.6 is 0 Å². The number of nitrogens with one attached hydrogen (secondary N) is 1. The van der Waals surface area contributed by atoms with Gasteiger partial charge in [-0.05, 0) is 45.9 Å². The zero-order valence-electron chi connectivity index (χ0n) is 27.2. The standard InChI is InChI=1S/C35H40N4O7/c1-17-31(43-4)20-14-23-28-27-21(32(44-5)18(2)34(46-7)30(27)41)13-22(38(28)3)24(15-36)39(23)25(26(20)29(40)33(17)45-6)16-37-35(42)19-11-9-8-10-12-19/h8-12,22-25,28,40-41H,13-14,16H2,1-7H3,(H,37,42)/t22-,23+,24+,25+,28-/m1/s1. The predicted octanol–water partition coefficient (Wildman–Crippen LogP) is 3.95. The highest BCUT2D eigenvalue weighted by Crippen LogP contribution is 2.58. The van der Waals surface area contributed by atoms with Crippen molar-refractivity contribution in [3.63, 3.8) is 0 Å². The molecule has 3 heterocycles. The third-order valence-corrected chi connectivity index (χ3v) is 10.2. The van der Waals surface area contributed by atoms with Gasteiger partial charge in [0.25, 0.3) is 5.91 Å². The van der Waals surface area contributed by atoms with Crippen LogP contribution in [0.25, 0.3) is 0 Å². The van der Waals surface area contributed by atoms with Crippen molar-refractivity contribution in [3.8, 4) is 40.6 Å². The van der Waals surface area contributed by atoms with Gasteiger partial charge in [0.15, 0.2) is 23.0 Å². The van der Waals surface area contributed by atoms with Crippen molar-refractivity contribution in [1.82, 2.24) is 15.1 Å². The molecule has 46 heavy (non-hydrogen) atoms. The van der Waals surface area contributed by atoms with Crippen LogP contribution in [0.4, 0.5) is 0 Å². The molecular weight excluding hydrogens is 588 g/mol. The Morgan fingerprint density at radius 2 is 1.39 bits per heavy atom. The monoisotopic (exact) mass is 628 g/mol. The maximum absolute atomic E-state index is 13.3. The number of carbonyl (C=O) groups is 1. The molecule has 11 nitrogen and oxygen atoms in total. The van der Waals surface area contributed by atoms with E-state index in [1.54, 1.807) is 38.5 Å². The Hall–Kier alpha value is -4.66. The number of methoxy groups -OCH3 is 4. The molecule has 6 rings (SSSR count). The zero-order chi connectivity index (χ0) is 33.0. The Morgan fingerprint density at radius 3 is 1.93 bits per heavy atom. The zero-order valence-corrected chi connectivity index (χ0v) is 27.2. The van der Waals surface area contributed by atoms with Gasteiger partial charge in [-0.3, -0.25) is 14.6 Å². The van der Waals surface area contributed by atoms with E-state index in [-0.39, 0.29) is 41.8 Å². The van der Waals surface area contributed by atoms with Crippen molar-refractivity contribution in [2.45, 2.75) is 56.9 Å². The van der Waals surface area contributed by atoms with Crippen molar-refractivity contribution < 1.29 is 34.0 Å². The van der Waals surface area contributed by atoms with Gasteiger partial charge in [-0.25, -0.2) is 0 Å². The molecule has 0 radical (unpaired) electrons. The summed E-state index contributed by atoms with van der Waals surface area (Å²) in [6, 6.07) is 9.16. The SMILES string of the molecule is COc1c(C)c(OC)c2c(c1O)[C@H]1[C@@H]3Cc4c(OC)c(C)c(OC)c(O)c4[C@H](CNC(=O)c4ccccc4)N3[C@@H](C#N)[C@@H](C2)N1C. The van der Waals surface area contributed by atoms with Crippen LogP contribution in [0.5, 0.6) is 34.5 Å². The molecule has 0 spiro atoms. The lowest BCUT2D eigenvalue weighted by Gasteiger charge is -2.60. The summed E-state index contributed by atoms with van der Waals surface area (Å²) in [7, 11) is 8.18. The summed E-state index contributed by atoms with van der Waals surface area (Å²) in [6.45, 7) is 3.78. The summed E-state index contributed by atoms with van der Waals surface area (Å²) >= 11 is 0. The summed E-state index contributed by atoms with van der Waals surface area (Å²) in [5, 5.41) is 37.5. The molecule has 3 aliphatic heterocycles. The molecule has 11 heteroatoms. The first-order chi connectivity index (χ1) is 22.1. The molecule has 0 unspecified atom stereocenters. The highest BCUT2D eigenvalue weighted by Gasteiger charge is 2.57. The first-order valence-corrected chi connectivity index (χ1v) is 15.3. The Labute approximate surface area is 268 Å². The quantitative estimate of drug-likeness (QED) is 0.353. The van der Waals surface area contributed by atoms with Crippen LogP contribution < -0.4 is 24.3 Å². The molecule has 5 atom stereocenters. The fourth-order valence-electron chi connectivity index (χ4n) is 8.29. The number of likely N-dealkylation sites (N-methyl/N-ethyl adjacent to an activating group) is 1. The fourth-order valence-corrected chi connectivity index (χ4v) is 8.29. The Bertz CT molecular complexity index is 1740. The minimum Gasteiger partial charge on any atom is -0.504 e. The predicted molar refractivity (Wildman–Crippen MR) is 170 cm³/mol. The van der Waals surface area contributed by atoms with Gasteiger partial charge >= 0.3 is 0 Å². The second-order valence-electron chi connectivity index (χ2n) is 12.1. The molecule has 3 N–H and O–H groups in total. The maximum atomic E-state index is 13.3. The average Bonchev–Trinajstić information content (AvgIpc) is 3.05. The van der Waals surface area contributed by atoms with Gasteiger partial charge in [0.1, 0.15) is 17.5 Å². The first kappa shape index (κ1) is 31.3. The van der Waals surface area contributed by atoms with Gasteiger partial charge in [-0.15, -0.1) is 0 Å². The lowest BCUT2D eigenvalue weighted by Crippen LogP contribution is -2.68. The average molecular weight is 629 g/mol. The van der Waals surface area contributed by atoms with Crippen molar-refractivity contribution in [3.05, 3.63) is 69.3 Å². The minimum absolute atomic E-state index is 0.0434. The van der Waals surface area contributed by atoms with Crippen LogP contribution in [0, 0.1) is 25.2 Å². The second-order valence-corrected chi connectivity index (χ2v) is 12.1. The Morgan fingerprint density at radius 1 is 0.870 bits per heavy atom. The molecular formula is C35H40N4O7. The molecule has 0 saturated carbocycles. The normalized spacial score (nSPS) is 23.3. The van der Waals surface area contributed by atoms with Crippen LogP contribution in [0.15, 0.2) is 30.3 Å². The molecule has 1 saturated heterocycles. The van der Waals surface area contributed by atoms with Crippen LogP contribution in [-0.4, -0.2) is 86.1 Å². The number of piperazine rings is 1. The molecule has 3 aromatic carbocycles. The van der Waals surface area contributed by atoms with Gasteiger partial charge in [0.05, 0.1) is 46.6 Å². The van der Waals surface area contributed by atoms with E-state index in [1.165, 1.54) is 14.2 Å². The number of hydrogen-bond acceptors (Lipinski definition) is 10. The van der Waals surface area contributed by atoms with Crippen molar-refractivity contribution in [2.24, 2.45) is 0 Å². The number of ether oxygens (including phenoxy) is 4. The van der Waals surface area contributed by atoms with Gasteiger partial charge < -0.3 is 34.5 Å². The molecule has 3 aromatic rings. The minimum atomic E-state index is -0.641. The second kappa shape index (κ2) is 11.9. The highest BCUT2D eigenvalue weighted by atomic mass is 16.5. The summed E-state index contributed by atoms with van der Waals surface area (Å²) in [5.74, 6) is 1.56. The highest BCUT2D eigenvalue weighted by molar-refractivity contribution is 5.94. The number of rotatable bonds is 7. The number of amides is 1. The van der Waals surface area contributed by atoms with E-state index in [2.05, 4.69) is 21.2 Å². The number of hydrogen-bond donors (Lipinski definition) is 3. The van der Waals surface area contributed by atoms with Crippen LogP contribution in [0.3, 0.4) is 0 Å². The number of carbonyl (C=O) groups excluding carboxylic acids is 1. The number of benzene rings is 3. The molecule has 0 aromatic heterocycles. The number of phenols is 2. The molecule has 3 aliphatic rings. The Kier molecular flexibility index (Phi) is 8.12. The lowest BCUT2D eigenvalue weighted by molar-refractivity contribution is -0.0724. The van der Waals surface area contributed by atoms with Gasteiger partial charge in [0, 0.05) is 57.6 Å². The number of fused-ring (bicyclic) bond motifs is 7. The topological polar surface area (TPSA) is 137 Å². The Balaban J connectivity index is 1.59. The summed E-state index contributed by atoms with van der Waals surface area (Å²) in [5.41, 5.74) is 4.69. The third kappa shape index (κ3) is 4.42. The third-order valence-electron chi connectivity index (χ3n) is 10.2. The van der Waals surface area contributed by atoms with Gasteiger partial charge in [-0.2, -0.15) is 5.26 Å². The van der Waals surface area contributed by atoms with Crippen LogP contribution in [0.2, 0.25) is 0 Å². The molecule has 1 amide bonds. The van der Waals surface area contributed by atoms with E-state index >= 15 is 0 Å². The van der Waals surface area contributed by atoms with Gasteiger partial charge in [0.2, 0.25) is 0 Å². The number of aromatic hydroxyl groups is 2. The lowest BCUT2D eigenvalue weighted by atomic mass is 9.71. The van der Waals surface area contributed by atoms with Crippen molar-refractivity contribution in [1.29, 1.82) is 5.26 Å². The molecule has 1 fully saturated rings. The van der Waals surface area contributed by atoms with E-state index in [0.717, 1.165) is 11.1 Å². The van der Waals surface area contributed by atoms with E-state index in [9.17, 15) is 20.3 Å². The molecule has 0 aliphatic carbocycles. The van der Waals surface area contributed by atoms with E-state index in [4.69, 9.17) is 18.9 Å². The number of nitriles is 1. The maximum Gasteiger partial charge on any atom is 0.251 e. The number of nitrogens with zero attached hydrogens (tertiary/aromatic N) is 3. The van der Waals surface area contributed by atoms with Gasteiger partial charge in [-0.1, -0.05) is 18.2 Å². The summed E-state index contributed by atoms with van der Waals surface area (Å²) in [6.07, 6.45) is 0.825. The summed E-state index contributed by atoms with van der Waals surface area (Å²) in [4.78, 5) is 17.6. The smallest absolute Gasteiger partial charge is 0.251 e. The van der Waals surface area contributed by atoms with Crippen LogP contribution in [0.1, 0.15) is 55.8 Å². The fraction of sp³-hybridized carbons (Fsp3) is 0.429.